The molecule has 0 saturated heterocycles. The van der Waals surface area contributed by atoms with Gasteiger partial charge in [0.15, 0.2) is 0 Å². The van der Waals surface area contributed by atoms with Crippen molar-refractivity contribution >= 4 is 87.2 Å². The Hall–Kier alpha value is -11.7. The second-order valence-electron chi connectivity index (χ2n) is 23.2. The van der Waals surface area contributed by atoms with E-state index in [0.29, 0.717) is 0 Å². The Labute approximate surface area is 508 Å². The van der Waals surface area contributed by atoms with E-state index in [9.17, 15) is 0 Å². The molecule has 18 rings (SSSR count). The van der Waals surface area contributed by atoms with Crippen LogP contribution < -0.4 is 0 Å². The fourth-order valence-electron chi connectivity index (χ4n) is 14.5. The maximum absolute atomic E-state index is 2.54. The van der Waals surface area contributed by atoms with Crippen LogP contribution in [0.4, 0.5) is 0 Å². The number of para-hydroxylation sites is 6. The van der Waals surface area contributed by atoms with E-state index in [1.54, 1.807) is 0 Å². The number of hydrogen-bond acceptors (Lipinski definition) is 0. The molecule has 0 unspecified atom stereocenters. The van der Waals surface area contributed by atoms with Gasteiger partial charge in [-0.3, -0.25) is 0 Å². The molecule has 4 aromatic heterocycles. The fraction of sp³-hybridized carbons (Fsp3) is 0. The number of aromatic nitrogens is 4. The summed E-state index contributed by atoms with van der Waals surface area (Å²) < 4.78 is 9.90. The summed E-state index contributed by atoms with van der Waals surface area (Å²) in [5.74, 6) is 0. The van der Waals surface area contributed by atoms with Gasteiger partial charge >= 0.3 is 0 Å². The second-order valence-corrected chi connectivity index (χ2v) is 23.2. The molecule has 0 fully saturated rings. The first-order chi connectivity index (χ1) is 43.7. The SMILES string of the molecule is c1ccc(-c2ccc(-n3c4ccccc4c4c3ccc3c5ccccc5n(-c5ccccc5-c5cccc(-c6cc(-c7ccccc7)cc(-c7cccc(-n8c9ccccc9c9c8ccc8c%10ccccc%10n(-c%10ccccc%10)c89)c7)c6)c5)c34)cc2)cc1. The summed E-state index contributed by atoms with van der Waals surface area (Å²) in [4.78, 5) is 0. The van der Waals surface area contributed by atoms with Crippen LogP contribution in [0.25, 0.3) is 166 Å². The maximum Gasteiger partial charge on any atom is 0.0641 e. The Morgan fingerprint density at radius 3 is 1.15 bits per heavy atom. The van der Waals surface area contributed by atoms with Crippen LogP contribution >= 0.6 is 0 Å². The van der Waals surface area contributed by atoms with Crippen molar-refractivity contribution in [2.24, 2.45) is 0 Å². The van der Waals surface area contributed by atoms with Gasteiger partial charge < -0.3 is 18.3 Å². The molecule has 0 amide bonds. The Bertz CT molecular complexity index is 5780. The smallest absolute Gasteiger partial charge is 0.0641 e. The highest BCUT2D eigenvalue weighted by Crippen LogP contribution is 2.46. The van der Waals surface area contributed by atoms with Gasteiger partial charge in [-0.15, -0.1) is 0 Å². The molecule has 14 aromatic carbocycles. The van der Waals surface area contributed by atoms with Gasteiger partial charge in [-0.05, 0) is 153 Å². The zero-order valence-electron chi connectivity index (χ0n) is 48.0. The van der Waals surface area contributed by atoms with Gasteiger partial charge in [-0.2, -0.15) is 0 Å². The summed E-state index contributed by atoms with van der Waals surface area (Å²) in [5.41, 5.74) is 25.6. The topological polar surface area (TPSA) is 19.7 Å². The van der Waals surface area contributed by atoms with E-state index in [4.69, 9.17) is 0 Å². The predicted octanol–water partition coefficient (Wildman–Crippen LogP) is 22.4. The first-order valence-corrected chi connectivity index (χ1v) is 30.3. The van der Waals surface area contributed by atoms with Crippen LogP contribution in [0.1, 0.15) is 0 Å². The minimum absolute atomic E-state index is 1.11. The van der Waals surface area contributed by atoms with Crippen LogP contribution in [0.15, 0.2) is 328 Å². The van der Waals surface area contributed by atoms with Crippen LogP contribution in [0.5, 0.6) is 0 Å². The normalized spacial score (nSPS) is 11.9. The van der Waals surface area contributed by atoms with Gasteiger partial charge in [0.2, 0.25) is 0 Å². The average molecular weight is 1120 g/mol. The zero-order valence-corrected chi connectivity index (χ0v) is 48.0. The van der Waals surface area contributed by atoms with E-state index < -0.39 is 0 Å². The van der Waals surface area contributed by atoms with Crippen molar-refractivity contribution < 1.29 is 0 Å². The highest BCUT2D eigenvalue weighted by Gasteiger charge is 2.24. The largest absolute Gasteiger partial charge is 0.309 e. The summed E-state index contributed by atoms with van der Waals surface area (Å²) in [6.45, 7) is 0. The molecule has 0 bridgehead atoms. The van der Waals surface area contributed by atoms with E-state index in [-0.39, 0.29) is 0 Å². The molecule has 4 heteroatoms. The van der Waals surface area contributed by atoms with Gasteiger partial charge in [0.1, 0.15) is 0 Å². The Balaban J connectivity index is 0.790. The van der Waals surface area contributed by atoms with Crippen molar-refractivity contribution in [2.75, 3.05) is 0 Å². The lowest BCUT2D eigenvalue weighted by molar-refractivity contribution is 1.17. The predicted molar refractivity (Wildman–Crippen MR) is 371 cm³/mol. The number of benzene rings is 14. The Morgan fingerprint density at radius 2 is 0.545 bits per heavy atom. The quantitative estimate of drug-likeness (QED) is 0.137. The minimum atomic E-state index is 1.11. The number of rotatable bonds is 9. The Kier molecular flexibility index (Phi) is 11.3. The minimum Gasteiger partial charge on any atom is -0.309 e. The molecule has 0 aliphatic heterocycles. The molecule has 4 heterocycles. The average Bonchev–Trinajstić information content (AvgIpc) is 2.94. The van der Waals surface area contributed by atoms with Gasteiger partial charge in [0, 0.05) is 65.7 Å². The summed E-state index contributed by atoms with van der Waals surface area (Å²) in [6, 6.07) is 121. The zero-order chi connectivity index (χ0) is 57.8. The van der Waals surface area contributed by atoms with E-state index in [2.05, 4.69) is 346 Å². The molecule has 0 saturated carbocycles. The van der Waals surface area contributed by atoms with E-state index in [1.807, 2.05) is 0 Å². The molecule has 0 aliphatic rings. The summed E-state index contributed by atoms with van der Waals surface area (Å²) in [5, 5.41) is 9.87. The number of fused-ring (bicyclic) bond motifs is 14. The second kappa shape index (κ2) is 20.0. The highest BCUT2D eigenvalue weighted by molar-refractivity contribution is 6.28. The lowest BCUT2D eigenvalue weighted by atomic mass is 9.92. The van der Waals surface area contributed by atoms with Crippen molar-refractivity contribution in [3.63, 3.8) is 0 Å². The van der Waals surface area contributed by atoms with Crippen molar-refractivity contribution in [3.8, 4) is 78.4 Å². The van der Waals surface area contributed by atoms with E-state index >= 15 is 0 Å². The molecule has 0 N–H and O–H groups in total. The van der Waals surface area contributed by atoms with Crippen LogP contribution in [0.3, 0.4) is 0 Å². The molecule has 0 atom stereocenters. The maximum atomic E-state index is 2.54. The van der Waals surface area contributed by atoms with Crippen molar-refractivity contribution in [1.82, 2.24) is 18.3 Å². The molecule has 18 aromatic rings. The van der Waals surface area contributed by atoms with Gasteiger partial charge in [0.25, 0.3) is 0 Å². The third kappa shape index (κ3) is 7.72. The fourth-order valence-corrected chi connectivity index (χ4v) is 14.5. The van der Waals surface area contributed by atoms with Gasteiger partial charge in [0.05, 0.1) is 49.8 Å². The first-order valence-electron chi connectivity index (χ1n) is 30.3. The highest BCUT2D eigenvalue weighted by atomic mass is 15.0. The third-order valence-electron chi connectivity index (χ3n) is 18.3. The van der Waals surface area contributed by atoms with Crippen molar-refractivity contribution in [2.45, 2.75) is 0 Å². The lowest BCUT2D eigenvalue weighted by Gasteiger charge is -2.16. The molecule has 0 spiro atoms. The summed E-state index contributed by atoms with van der Waals surface area (Å²) in [6.07, 6.45) is 0. The molecule has 0 radical (unpaired) electrons. The van der Waals surface area contributed by atoms with Gasteiger partial charge in [-0.1, -0.05) is 224 Å². The molecule has 4 nitrogen and oxygen atoms in total. The Morgan fingerprint density at radius 1 is 0.170 bits per heavy atom. The van der Waals surface area contributed by atoms with Crippen LogP contribution in [0.2, 0.25) is 0 Å². The van der Waals surface area contributed by atoms with Crippen molar-refractivity contribution in [3.05, 3.63) is 328 Å². The van der Waals surface area contributed by atoms with Crippen molar-refractivity contribution in [1.29, 1.82) is 0 Å². The van der Waals surface area contributed by atoms with E-state index in [0.717, 1.165) is 61.7 Å². The van der Waals surface area contributed by atoms with E-state index in [1.165, 1.54) is 104 Å². The molecule has 0 aliphatic carbocycles. The first kappa shape index (κ1) is 49.7. The number of hydrogen-bond donors (Lipinski definition) is 0. The summed E-state index contributed by atoms with van der Waals surface area (Å²) >= 11 is 0. The van der Waals surface area contributed by atoms with Crippen LogP contribution in [-0.2, 0) is 0 Å². The molecular weight excluding hydrogens is 1060 g/mol. The third-order valence-corrected chi connectivity index (χ3v) is 18.3. The monoisotopic (exact) mass is 1120 g/mol. The summed E-state index contributed by atoms with van der Waals surface area (Å²) in [7, 11) is 0. The van der Waals surface area contributed by atoms with Crippen LogP contribution in [0, 0.1) is 0 Å². The van der Waals surface area contributed by atoms with Gasteiger partial charge in [-0.25, -0.2) is 0 Å². The molecular formula is C84H54N4. The lowest BCUT2D eigenvalue weighted by Crippen LogP contribution is -1.98. The standard InChI is InChI=1S/C84H54N4/c1-4-22-55(23-5-1)57-42-44-65(45-43-57)85-77-40-18-13-35-72(77)82-79(85)48-47-71-69-34-12-17-39-76(69)88(84(71)82)74-37-15-10-32-67(74)60-28-20-26-58(50-60)62-51-61(56-24-6-2-7-25-56)52-63(53-62)59-27-21-31-66(54-59)86-78-41-19-14-36-73(78)81-80(86)49-46-70-68-33-11-16-38-75(68)87(83(70)81)64-29-8-3-9-30-64/h1-54H. The van der Waals surface area contributed by atoms with Crippen LogP contribution in [-0.4, -0.2) is 18.3 Å². The molecule has 88 heavy (non-hydrogen) atoms. The number of nitrogens with zero attached hydrogens (tertiary/aromatic N) is 4. The molecule has 410 valence electrons.